The molecule has 0 atom stereocenters. The first-order chi connectivity index (χ1) is 5.86. The van der Waals surface area contributed by atoms with E-state index in [2.05, 4.69) is 11.9 Å². The minimum absolute atomic E-state index is 0.482. The highest BCUT2D eigenvalue weighted by atomic mass is 32.2. The maximum absolute atomic E-state index is 8.49. The molecule has 62 valence electrons. The van der Waals surface area contributed by atoms with Gasteiger partial charge in [0.1, 0.15) is 11.8 Å². The van der Waals surface area contributed by atoms with E-state index in [1.807, 2.05) is 12.1 Å². The van der Waals surface area contributed by atoms with Gasteiger partial charge in [-0.3, -0.25) is 0 Å². The van der Waals surface area contributed by atoms with E-state index in [0.717, 1.165) is 17.1 Å². The van der Waals surface area contributed by atoms with Crippen molar-refractivity contribution in [1.29, 1.82) is 5.26 Å². The molecular formula is C9H10N2S. The zero-order valence-electron chi connectivity index (χ0n) is 6.95. The molecule has 0 unspecified atom stereocenters. The van der Waals surface area contributed by atoms with Crippen molar-refractivity contribution in [2.75, 3.05) is 5.75 Å². The van der Waals surface area contributed by atoms with Crippen molar-refractivity contribution < 1.29 is 0 Å². The van der Waals surface area contributed by atoms with Gasteiger partial charge in [0.2, 0.25) is 0 Å². The molecule has 0 aliphatic heterocycles. The second-order valence-electron chi connectivity index (χ2n) is 2.34. The Morgan fingerprint density at radius 1 is 1.58 bits per heavy atom. The van der Waals surface area contributed by atoms with Crippen molar-refractivity contribution in [3.8, 4) is 6.07 Å². The molecule has 3 heteroatoms. The molecule has 0 spiro atoms. The van der Waals surface area contributed by atoms with E-state index in [1.165, 1.54) is 0 Å². The molecule has 0 amide bonds. The number of pyridine rings is 1. The fraction of sp³-hybridized carbons (Fsp3) is 0.333. The lowest BCUT2D eigenvalue weighted by atomic mass is 10.4. The molecule has 0 aromatic carbocycles. The Morgan fingerprint density at radius 2 is 2.42 bits per heavy atom. The number of rotatable bonds is 3. The normalized spacial score (nSPS) is 9.33. The molecule has 0 N–H and O–H groups in total. The number of aromatic nitrogens is 1. The number of nitriles is 1. The van der Waals surface area contributed by atoms with Crippen molar-refractivity contribution in [3.63, 3.8) is 0 Å². The average Bonchev–Trinajstić information content (AvgIpc) is 2.15. The third-order valence-electron chi connectivity index (χ3n) is 1.32. The minimum atomic E-state index is 0.482. The van der Waals surface area contributed by atoms with Crippen LogP contribution in [0.25, 0.3) is 0 Å². The maximum atomic E-state index is 8.49. The monoisotopic (exact) mass is 178 g/mol. The predicted octanol–water partition coefficient (Wildman–Crippen LogP) is 2.46. The fourth-order valence-corrected chi connectivity index (χ4v) is 1.48. The van der Waals surface area contributed by atoms with Gasteiger partial charge in [-0.25, -0.2) is 4.98 Å². The molecule has 1 aromatic heterocycles. The third-order valence-corrected chi connectivity index (χ3v) is 2.51. The van der Waals surface area contributed by atoms with E-state index in [1.54, 1.807) is 24.0 Å². The van der Waals surface area contributed by atoms with Crippen LogP contribution in [0, 0.1) is 11.3 Å². The van der Waals surface area contributed by atoms with Gasteiger partial charge >= 0.3 is 0 Å². The summed E-state index contributed by atoms with van der Waals surface area (Å²) in [6, 6.07) is 5.67. The Labute approximate surface area is 76.6 Å². The first-order valence-corrected chi connectivity index (χ1v) is 4.84. The molecule has 1 heterocycles. The van der Waals surface area contributed by atoms with Crippen LogP contribution < -0.4 is 0 Å². The summed E-state index contributed by atoms with van der Waals surface area (Å²) < 4.78 is 0. The highest BCUT2D eigenvalue weighted by Gasteiger charge is 1.93. The standard InChI is InChI=1S/C9H10N2S/c1-2-5-12-9-4-3-8(6-10)11-7-9/h3-4,7H,2,5H2,1H3. The SMILES string of the molecule is CCCSc1ccc(C#N)nc1. The number of thioether (sulfide) groups is 1. The van der Waals surface area contributed by atoms with Crippen LogP contribution in [0.4, 0.5) is 0 Å². The summed E-state index contributed by atoms with van der Waals surface area (Å²) in [5, 5.41) is 8.49. The zero-order chi connectivity index (χ0) is 8.81. The lowest BCUT2D eigenvalue weighted by molar-refractivity contribution is 1.10. The van der Waals surface area contributed by atoms with E-state index in [9.17, 15) is 0 Å². The van der Waals surface area contributed by atoms with Crippen LogP contribution in [0.1, 0.15) is 19.0 Å². The molecule has 0 aliphatic carbocycles. The van der Waals surface area contributed by atoms with Gasteiger partial charge in [-0.2, -0.15) is 5.26 Å². The Kier molecular flexibility index (Phi) is 3.62. The molecule has 0 saturated carbocycles. The molecule has 0 bridgehead atoms. The molecule has 0 radical (unpaired) electrons. The number of hydrogen-bond donors (Lipinski definition) is 0. The summed E-state index contributed by atoms with van der Waals surface area (Å²) >= 11 is 1.77. The Morgan fingerprint density at radius 3 is 2.92 bits per heavy atom. The number of hydrogen-bond acceptors (Lipinski definition) is 3. The van der Waals surface area contributed by atoms with E-state index in [0.29, 0.717) is 5.69 Å². The second-order valence-corrected chi connectivity index (χ2v) is 3.51. The zero-order valence-corrected chi connectivity index (χ0v) is 7.77. The highest BCUT2D eigenvalue weighted by Crippen LogP contribution is 2.16. The first-order valence-electron chi connectivity index (χ1n) is 3.85. The summed E-state index contributed by atoms with van der Waals surface area (Å²) in [5.41, 5.74) is 0.482. The van der Waals surface area contributed by atoms with Gasteiger partial charge in [0.15, 0.2) is 0 Å². The van der Waals surface area contributed by atoms with E-state index < -0.39 is 0 Å². The molecule has 0 aliphatic rings. The molecule has 1 rings (SSSR count). The quantitative estimate of drug-likeness (QED) is 0.667. The minimum Gasteiger partial charge on any atom is -0.244 e. The lowest BCUT2D eigenvalue weighted by Gasteiger charge is -1.97. The van der Waals surface area contributed by atoms with Crippen molar-refractivity contribution in [1.82, 2.24) is 4.98 Å². The smallest absolute Gasteiger partial charge is 0.140 e. The van der Waals surface area contributed by atoms with Gasteiger partial charge < -0.3 is 0 Å². The third kappa shape index (κ3) is 2.55. The van der Waals surface area contributed by atoms with Gasteiger partial charge in [0, 0.05) is 11.1 Å². The second kappa shape index (κ2) is 4.78. The van der Waals surface area contributed by atoms with Gasteiger partial charge in [-0.05, 0) is 24.3 Å². The Hall–Kier alpha value is -1.01. The van der Waals surface area contributed by atoms with Crippen LogP contribution in [-0.2, 0) is 0 Å². The number of nitrogens with zero attached hydrogens (tertiary/aromatic N) is 2. The Bertz CT molecular complexity index is 274. The van der Waals surface area contributed by atoms with Crippen LogP contribution >= 0.6 is 11.8 Å². The van der Waals surface area contributed by atoms with E-state index in [4.69, 9.17) is 5.26 Å². The van der Waals surface area contributed by atoms with Crippen LogP contribution in [-0.4, -0.2) is 10.7 Å². The Balaban J connectivity index is 2.60. The maximum Gasteiger partial charge on any atom is 0.140 e. The van der Waals surface area contributed by atoms with Crippen LogP contribution in [0.5, 0.6) is 0 Å². The molecular weight excluding hydrogens is 168 g/mol. The summed E-state index contributed by atoms with van der Waals surface area (Å²) in [6.45, 7) is 2.14. The van der Waals surface area contributed by atoms with Crippen molar-refractivity contribution in [2.24, 2.45) is 0 Å². The first kappa shape index (κ1) is 9.08. The van der Waals surface area contributed by atoms with Gasteiger partial charge in [-0.15, -0.1) is 11.8 Å². The highest BCUT2D eigenvalue weighted by molar-refractivity contribution is 7.99. The van der Waals surface area contributed by atoms with Crippen LogP contribution in [0.15, 0.2) is 23.2 Å². The van der Waals surface area contributed by atoms with Gasteiger partial charge in [0.25, 0.3) is 0 Å². The topological polar surface area (TPSA) is 36.7 Å². The largest absolute Gasteiger partial charge is 0.244 e. The van der Waals surface area contributed by atoms with Crippen molar-refractivity contribution in [3.05, 3.63) is 24.0 Å². The van der Waals surface area contributed by atoms with Crippen LogP contribution in [0.2, 0.25) is 0 Å². The molecule has 0 fully saturated rings. The summed E-state index contributed by atoms with van der Waals surface area (Å²) in [6.07, 6.45) is 2.91. The van der Waals surface area contributed by atoms with Crippen LogP contribution in [0.3, 0.4) is 0 Å². The molecule has 12 heavy (non-hydrogen) atoms. The summed E-state index contributed by atoms with van der Waals surface area (Å²) in [5.74, 6) is 1.10. The van der Waals surface area contributed by atoms with Gasteiger partial charge in [-0.1, -0.05) is 6.92 Å². The predicted molar refractivity (Wildman–Crippen MR) is 50.0 cm³/mol. The van der Waals surface area contributed by atoms with E-state index in [-0.39, 0.29) is 0 Å². The average molecular weight is 178 g/mol. The van der Waals surface area contributed by atoms with E-state index >= 15 is 0 Å². The molecule has 1 aromatic rings. The molecule has 2 nitrogen and oxygen atoms in total. The van der Waals surface area contributed by atoms with Crippen molar-refractivity contribution in [2.45, 2.75) is 18.2 Å². The summed E-state index contributed by atoms with van der Waals surface area (Å²) in [4.78, 5) is 5.10. The summed E-state index contributed by atoms with van der Waals surface area (Å²) in [7, 11) is 0. The fourth-order valence-electron chi connectivity index (χ4n) is 0.752. The van der Waals surface area contributed by atoms with Gasteiger partial charge in [0.05, 0.1) is 0 Å². The van der Waals surface area contributed by atoms with Crippen molar-refractivity contribution >= 4 is 11.8 Å². The molecule has 0 saturated heterocycles. The lowest BCUT2D eigenvalue weighted by Crippen LogP contribution is -1.82.